The molecule has 0 aliphatic rings. The van der Waals surface area contributed by atoms with Crippen LogP contribution in [0.1, 0.15) is 43.0 Å². The maximum atomic E-state index is 13.1. The van der Waals surface area contributed by atoms with E-state index >= 15 is 0 Å². The van der Waals surface area contributed by atoms with Gasteiger partial charge in [-0.3, -0.25) is 9.00 Å². The molecule has 1 atom stereocenters. The number of hydrogen-bond donors (Lipinski definition) is 0. The Morgan fingerprint density at radius 2 is 1.90 bits per heavy atom. The molecule has 0 aliphatic heterocycles. The van der Waals surface area contributed by atoms with Gasteiger partial charge in [-0.05, 0) is 30.7 Å². The van der Waals surface area contributed by atoms with E-state index in [1.54, 1.807) is 18.2 Å². The highest BCUT2D eigenvalue weighted by molar-refractivity contribution is 7.84. The zero-order valence-corrected chi connectivity index (χ0v) is 17.6. The smallest absolute Gasteiger partial charge is 0.337 e. The fraction of sp³-hybridized carbons (Fsp3) is 0.364. The van der Waals surface area contributed by atoms with E-state index in [1.165, 1.54) is 25.5 Å². The molecule has 0 radical (unpaired) electrons. The molecule has 1 aromatic heterocycles. The molecule has 0 saturated carbocycles. The van der Waals surface area contributed by atoms with Crippen LogP contribution in [0.2, 0.25) is 0 Å². The van der Waals surface area contributed by atoms with Gasteiger partial charge in [0.25, 0.3) is 0 Å². The van der Waals surface area contributed by atoms with Crippen molar-refractivity contribution in [3.63, 3.8) is 0 Å². The molecule has 29 heavy (non-hydrogen) atoms. The van der Waals surface area contributed by atoms with Crippen LogP contribution in [-0.2, 0) is 15.5 Å². The van der Waals surface area contributed by atoms with E-state index in [9.17, 15) is 13.8 Å². The normalized spacial score (nSPS) is 12.2. The summed E-state index contributed by atoms with van der Waals surface area (Å²) >= 11 is 0. The number of fused-ring (bicyclic) bond motifs is 2. The summed E-state index contributed by atoms with van der Waals surface area (Å²) in [6.07, 6.45) is 5.79. The van der Waals surface area contributed by atoms with Gasteiger partial charge in [0.2, 0.25) is 5.43 Å². The highest BCUT2D eigenvalue weighted by atomic mass is 32.2. The van der Waals surface area contributed by atoms with E-state index in [0.29, 0.717) is 22.8 Å². The molecular formula is C22H24O6S. The van der Waals surface area contributed by atoms with Gasteiger partial charge in [0.05, 0.1) is 45.7 Å². The summed E-state index contributed by atoms with van der Waals surface area (Å²) in [4.78, 5) is 25.3. The number of esters is 1. The largest absolute Gasteiger partial charge is 0.494 e. The van der Waals surface area contributed by atoms with Gasteiger partial charge in [-0.1, -0.05) is 26.2 Å². The molecule has 3 rings (SSSR count). The second-order valence-corrected chi connectivity index (χ2v) is 8.14. The van der Waals surface area contributed by atoms with Gasteiger partial charge in [-0.15, -0.1) is 0 Å². The molecule has 1 heterocycles. The first-order chi connectivity index (χ1) is 14.0. The lowest BCUT2D eigenvalue weighted by Crippen LogP contribution is -2.08. The molecule has 6 nitrogen and oxygen atoms in total. The van der Waals surface area contributed by atoms with Gasteiger partial charge in [-0.25, -0.2) is 4.79 Å². The van der Waals surface area contributed by atoms with E-state index in [1.807, 2.05) is 0 Å². The SMILES string of the molecule is CCCCCCOc1cc(S(C)=O)c2oc3ccc(C(=O)OC)cc3c(=O)c2c1. The van der Waals surface area contributed by atoms with Crippen molar-refractivity contribution in [2.24, 2.45) is 0 Å². The van der Waals surface area contributed by atoms with Gasteiger partial charge in [0.15, 0.2) is 5.58 Å². The van der Waals surface area contributed by atoms with Gasteiger partial charge in [0.1, 0.15) is 11.3 Å². The predicted octanol–water partition coefficient (Wildman–Crippen LogP) is 4.43. The van der Waals surface area contributed by atoms with E-state index in [4.69, 9.17) is 13.9 Å². The monoisotopic (exact) mass is 416 g/mol. The molecular weight excluding hydrogens is 392 g/mol. The number of methoxy groups -OCH3 is 1. The van der Waals surface area contributed by atoms with Crippen molar-refractivity contribution in [3.8, 4) is 5.75 Å². The average Bonchev–Trinajstić information content (AvgIpc) is 2.72. The number of hydrogen-bond acceptors (Lipinski definition) is 6. The number of rotatable bonds is 8. The van der Waals surface area contributed by atoms with Crippen LogP contribution in [0.4, 0.5) is 0 Å². The molecule has 7 heteroatoms. The Kier molecular flexibility index (Phi) is 6.69. The van der Waals surface area contributed by atoms with Crippen LogP contribution in [0.25, 0.3) is 21.9 Å². The third-order valence-corrected chi connectivity index (χ3v) is 5.63. The van der Waals surface area contributed by atoms with Crippen LogP contribution in [0.3, 0.4) is 0 Å². The summed E-state index contributed by atoms with van der Waals surface area (Å²) in [5.74, 6) is -0.0547. The molecule has 0 bridgehead atoms. The van der Waals surface area contributed by atoms with Crippen LogP contribution in [0.5, 0.6) is 5.75 Å². The molecule has 0 saturated heterocycles. The first kappa shape index (κ1) is 21.0. The Labute approximate surface area is 171 Å². The van der Waals surface area contributed by atoms with Crippen molar-refractivity contribution in [2.75, 3.05) is 20.0 Å². The van der Waals surface area contributed by atoms with Crippen molar-refractivity contribution in [3.05, 3.63) is 46.1 Å². The predicted molar refractivity (Wildman–Crippen MR) is 113 cm³/mol. The molecule has 0 fully saturated rings. The van der Waals surface area contributed by atoms with Crippen molar-refractivity contribution in [1.29, 1.82) is 0 Å². The number of ether oxygens (including phenoxy) is 2. The topological polar surface area (TPSA) is 82.8 Å². The molecule has 0 N–H and O–H groups in total. The number of carbonyl (C=O) groups excluding carboxylic acids is 1. The second kappa shape index (κ2) is 9.22. The first-order valence-electron chi connectivity index (χ1n) is 9.55. The second-order valence-electron chi connectivity index (χ2n) is 6.80. The van der Waals surface area contributed by atoms with Crippen molar-refractivity contribution in [1.82, 2.24) is 0 Å². The average molecular weight is 416 g/mol. The minimum absolute atomic E-state index is 0.258. The van der Waals surface area contributed by atoms with Crippen LogP contribution in [0, 0.1) is 0 Å². The van der Waals surface area contributed by atoms with Crippen LogP contribution < -0.4 is 10.2 Å². The summed E-state index contributed by atoms with van der Waals surface area (Å²) in [6.45, 7) is 2.66. The Balaban J connectivity index is 2.11. The van der Waals surface area contributed by atoms with Crippen molar-refractivity contribution < 1.29 is 22.9 Å². The summed E-state index contributed by atoms with van der Waals surface area (Å²) < 4.78 is 28.7. The van der Waals surface area contributed by atoms with Crippen molar-refractivity contribution >= 4 is 38.7 Å². The standard InChI is InChI=1S/C22H24O6S/c1-4-5-6-7-10-27-15-12-17-20(23)16-11-14(22(24)26-2)8-9-18(16)28-21(17)19(13-15)29(3)25/h8-9,11-13H,4-7,10H2,1-3H3. The number of unbranched alkanes of at least 4 members (excludes halogenated alkanes) is 3. The minimum Gasteiger partial charge on any atom is -0.494 e. The van der Waals surface area contributed by atoms with Gasteiger partial charge >= 0.3 is 5.97 Å². The lowest BCUT2D eigenvalue weighted by Gasteiger charge is -2.11. The Bertz CT molecular complexity index is 1130. The lowest BCUT2D eigenvalue weighted by molar-refractivity contribution is 0.0601. The number of carbonyl (C=O) groups is 1. The van der Waals surface area contributed by atoms with Crippen LogP contribution in [-0.4, -0.2) is 30.2 Å². The quantitative estimate of drug-likeness (QED) is 0.307. The molecule has 0 amide bonds. The minimum atomic E-state index is -1.38. The highest BCUT2D eigenvalue weighted by Gasteiger charge is 2.17. The summed E-state index contributed by atoms with van der Waals surface area (Å²) in [5, 5.41) is 0.532. The maximum absolute atomic E-state index is 13.1. The van der Waals surface area contributed by atoms with E-state index in [0.717, 1.165) is 25.7 Å². The van der Waals surface area contributed by atoms with Crippen LogP contribution >= 0.6 is 0 Å². The molecule has 0 spiro atoms. The first-order valence-corrected chi connectivity index (χ1v) is 11.1. The molecule has 1 unspecified atom stereocenters. The lowest BCUT2D eigenvalue weighted by atomic mass is 10.1. The fourth-order valence-electron chi connectivity index (χ4n) is 3.16. The van der Waals surface area contributed by atoms with Crippen molar-refractivity contribution in [2.45, 2.75) is 37.5 Å². The summed E-state index contributed by atoms with van der Waals surface area (Å²) in [6, 6.07) is 7.80. The summed E-state index contributed by atoms with van der Waals surface area (Å²) in [5.41, 5.74) is 0.534. The Morgan fingerprint density at radius 1 is 1.10 bits per heavy atom. The highest BCUT2D eigenvalue weighted by Crippen LogP contribution is 2.29. The Morgan fingerprint density at radius 3 is 2.59 bits per heavy atom. The zero-order valence-electron chi connectivity index (χ0n) is 16.8. The van der Waals surface area contributed by atoms with E-state index in [2.05, 4.69) is 6.92 Å². The van der Waals surface area contributed by atoms with Gasteiger partial charge in [0, 0.05) is 12.3 Å². The van der Waals surface area contributed by atoms with Crippen LogP contribution in [0.15, 0.2) is 44.4 Å². The van der Waals surface area contributed by atoms with E-state index < -0.39 is 16.8 Å². The number of benzene rings is 2. The van der Waals surface area contributed by atoms with E-state index in [-0.39, 0.29) is 27.3 Å². The third kappa shape index (κ3) is 4.50. The fourth-order valence-corrected chi connectivity index (χ4v) is 3.86. The Hall–Kier alpha value is -2.67. The molecule has 2 aromatic carbocycles. The maximum Gasteiger partial charge on any atom is 0.337 e. The molecule has 154 valence electrons. The summed E-state index contributed by atoms with van der Waals surface area (Å²) in [7, 11) is -0.0951. The van der Waals surface area contributed by atoms with Gasteiger partial charge < -0.3 is 13.9 Å². The van der Waals surface area contributed by atoms with Gasteiger partial charge in [-0.2, -0.15) is 0 Å². The molecule has 0 aliphatic carbocycles. The molecule has 3 aromatic rings. The third-order valence-electron chi connectivity index (χ3n) is 4.71. The zero-order chi connectivity index (χ0) is 21.0.